The maximum atomic E-state index is 12.1. The van der Waals surface area contributed by atoms with E-state index in [4.69, 9.17) is 0 Å². The fraction of sp³-hybridized carbons (Fsp3) is 0.400. The highest BCUT2D eigenvalue weighted by atomic mass is 32.2. The van der Waals surface area contributed by atoms with Crippen molar-refractivity contribution in [3.05, 3.63) is 47.8 Å². The Bertz CT molecular complexity index is 688. The van der Waals surface area contributed by atoms with E-state index in [1.165, 1.54) is 11.8 Å². The number of sulfonamides is 1. The Balaban J connectivity index is 1.96. The summed E-state index contributed by atoms with van der Waals surface area (Å²) in [4.78, 5) is 0.208. The Morgan fingerprint density at radius 2 is 1.90 bits per heavy atom. The van der Waals surface area contributed by atoms with Crippen molar-refractivity contribution >= 4 is 10.0 Å². The van der Waals surface area contributed by atoms with Crippen LogP contribution >= 0.6 is 0 Å². The smallest absolute Gasteiger partial charge is 0.243 e. The molecule has 2 aromatic rings. The van der Waals surface area contributed by atoms with E-state index in [2.05, 4.69) is 9.82 Å². The van der Waals surface area contributed by atoms with Gasteiger partial charge in [0.1, 0.15) is 4.90 Å². The van der Waals surface area contributed by atoms with Crippen molar-refractivity contribution in [2.45, 2.75) is 38.1 Å². The van der Waals surface area contributed by atoms with Gasteiger partial charge >= 0.3 is 0 Å². The Hall–Kier alpha value is -1.66. The zero-order valence-corrected chi connectivity index (χ0v) is 13.4. The molecule has 1 heterocycles. The Morgan fingerprint density at radius 3 is 2.48 bits per heavy atom. The van der Waals surface area contributed by atoms with Crippen molar-refractivity contribution in [3.63, 3.8) is 0 Å². The zero-order valence-electron chi connectivity index (χ0n) is 12.6. The maximum Gasteiger partial charge on any atom is 0.243 e. The molecule has 6 heteroatoms. The van der Waals surface area contributed by atoms with Crippen LogP contribution < -0.4 is 4.72 Å². The molecule has 0 amide bonds. The number of aryl methyl sites for hydroxylation is 1. The van der Waals surface area contributed by atoms with Crippen molar-refractivity contribution in [1.82, 2.24) is 14.5 Å². The molecule has 0 fully saturated rings. The third-order valence-corrected chi connectivity index (χ3v) is 4.66. The third kappa shape index (κ3) is 4.15. The van der Waals surface area contributed by atoms with Gasteiger partial charge in [-0.1, -0.05) is 29.8 Å². The minimum atomic E-state index is -3.48. The second kappa shape index (κ2) is 6.41. The summed E-state index contributed by atoms with van der Waals surface area (Å²) in [5.74, 6) is 0. The van der Waals surface area contributed by atoms with Crippen LogP contribution in [0.5, 0.6) is 0 Å². The van der Waals surface area contributed by atoms with Crippen molar-refractivity contribution in [1.29, 1.82) is 0 Å². The van der Waals surface area contributed by atoms with E-state index < -0.39 is 10.0 Å². The second-order valence-electron chi connectivity index (χ2n) is 5.38. The predicted octanol–water partition coefficient (Wildman–Crippen LogP) is 2.29. The van der Waals surface area contributed by atoms with Crippen LogP contribution in [0.3, 0.4) is 0 Å². The van der Waals surface area contributed by atoms with Gasteiger partial charge in [-0.2, -0.15) is 5.10 Å². The molecule has 0 spiro atoms. The SMILES string of the molecule is Cc1ccc(CCNS(=O)(=O)c2cnn(C(C)C)c2)cc1. The van der Waals surface area contributed by atoms with E-state index in [1.54, 1.807) is 10.9 Å². The molecular weight excluding hydrogens is 286 g/mol. The minimum Gasteiger partial charge on any atom is -0.269 e. The molecule has 1 aromatic carbocycles. The summed E-state index contributed by atoms with van der Waals surface area (Å²) in [6, 6.07) is 8.22. The van der Waals surface area contributed by atoms with Crippen LogP contribution in [-0.4, -0.2) is 24.7 Å². The van der Waals surface area contributed by atoms with E-state index in [9.17, 15) is 8.42 Å². The van der Waals surface area contributed by atoms with Gasteiger partial charge in [0.05, 0.1) is 6.20 Å². The number of aromatic nitrogens is 2. The number of nitrogens with zero attached hydrogens (tertiary/aromatic N) is 2. The molecular formula is C15H21N3O2S. The standard InChI is InChI=1S/C15H21N3O2S/c1-12(2)18-11-15(10-16-18)21(19,20)17-9-8-14-6-4-13(3)5-7-14/h4-7,10-12,17H,8-9H2,1-3H3. The highest BCUT2D eigenvalue weighted by Crippen LogP contribution is 2.11. The van der Waals surface area contributed by atoms with E-state index in [0.29, 0.717) is 13.0 Å². The molecule has 0 radical (unpaired) electrons. The van der Waals surface area contributed by atoms with Crippen LogP contribution in [0.4, 0.5) is 0 Å². The van der Waals surface area contributed by atoms with Crippen LogP contribution in [0.1, 0.15) is 31.0 Å². The number of hydrogen-bond donors (Lipinski definition) is 1. The van der Waals surface area contributed by atoms with Gasteiger partial charge in [-0.25, -0.2) is 13.1 Å². The van der Waals surface area contributed by atoms with Crippen molar-refractivity contribution in [2.24, 2.45) is 0 Å². The Labute approximate surface area is 126 Å². The van der Waals surface area contributed by atoms with Gasteiger partial charge in [0.25, 0.3) is 0 Å². The summed E-state index contributed by atoms with van der Waals surface area (Å²) in [6.45, 7) is 6.31. The summed E-state index contributed by atoms with van der Waals surface area (Å²) in [7, 11) is -3.48. The van der Waals surface area contributed by atoms with Crippen LogP contribution in [0.2, 0.25) is 0 Å². The fourth-order valence-corrected chi connectivity index (χ4v) is 2.88. The minimum absolute atomic E-state index is 0.140. The molecule has 2 rings (SSSR count). The summed E-state index contributed by atoms with van der Waals surface area (Å²) < 4.78 is 28.5. The largest absolute Gasteiger partial charge is 0.269 e. The molecule has 1 aromatic heterocycles. The number of rotatable bonds is 6. The Morgan fingerprint density at radius 1 is 1.24 bits per heavy atom. The molecule has 0 bridgehead atoms. The highest BCUT2D eigenvalue weighted by molar-refractivity contribution is 7.89. The lowest BCUT2D eigenvalue weighted by molar-refractivity contribution is 0.531. The summed E-state index contributed by atoms with van der Waals surface area (Å²) >= 11 is 0. The number of nitrogens with one attached hydrogen (secondary N) is 1. The summed E-state index contributed by atoms with van der Waals surface area (Å²) in [5.41, 5.74) is 2.31. The fourth-order valence-electron chi connectivity index (χ4n) is 1.91. The van der Waals surface area contributed by atoms with Gasteiger partial charge in [0.2, 0.25) is 10.0 Å². The number of benzene rings is 1. The first kappa shape index (κ1) is 15.7. The molecule has 0 saturated carbocycles. The summed E-state index contributed by atoms with van der Waals surface area (Å²) in [5, 5.41) is 4.06. The highest BCUT2D eigenvalue weighted by Gasteiger charge is 2.16. The average Bonchev–Trinajstić information content (AvgIpc) is 2.91. The van der Waals surface area contributed by atoms with Crippen LogP contribution in [-0.2, 0) is 16.4 Å². The van der Waals surface area contributed by atoms with Gasteiger partial charge in [-0.3, -0.25) is 4.68 Å². The summed E-state index contributed by atoms with van der Waals surface area (Å²) in [6.07, 6.45) is 3.60. The molecule has 21 heavy (non-hydrogen) atoms. The van der Waals surface area contributed by atoms with Crippen LogP contribution in [0.25, 0.3) is 0 Å². The first-order valence-electron chi connectivity index (χ1n) is 6.98. The average molecular weight is 307 g/mol. The van der Waals surface area contributed by atoms with Crippen molar-refractivity contribution in [3.8, 4) is 0 Å². The topological polar surface area (TPSA) is 64.0 Å². The van der Waals surface area contributed by atoms with Gasteiger partial charge in [-0.15, -0.1) is 0 Å². The molecule has 0 aliphatic carbocycles. The second-order valence-corrected chi connectivity index (χ2v) is 7.15. The lowest BCUT2D eigenvalue weighted by atomic mass is 10.1. The van der Waals surface area contributed by atoms with Gasteiger partial charge in [0, 0.05) is 18.8 Å². The first-order chi connectivity index (χ1) is 9.88. The van der Waals surface area contributed by atoms with Crippen molar-refractivity contribution in [2.75, 3.05) is 6.54 Å². The molecule has 5 nitrogen and oxygen atoms in total. The molecule has 1 N–H and O–H groups in total. The van der Waals surface area contributed by atoms with E-state index >= 15 is 0 Å². The lowest BCUT2D eigenvalue weighted by Gasteiger charge is -2.06. The molecule has 0 aliphatic heterocycles. The molecule has 0 atom stereocenters. The third-order valence-electron chi connectivity index (χ3n) is 3.24. The van der Waals surface area contributed by atoms with E-state index in [1.807, 2.05) is 45.0 Å². The van der Waals surface area contributed by atoms with Gasteiger partial charge in [-0.05, 0) is 32.8 Å². The monoisotopic (exact) mass is 307 g/mol. The molecule has 0 saturated heterocycles. The predicted molar refractivity (Wildman–Crippen MR) is 82.7 cm³/mol. The Kier molecular flexibility index (Phi) is 4.80. The molecule has 0 aliphatic rings. The number of hydrogen-bond acceptors (Lipinski definition) is 3. The van der Waals surface area contributed by atoms with E-state index in [-0.39, 0.29) is 10.9 Å². The van der Waals surface area contributed by atoms with Gasteiger partial charge in [0.15, 0.2) is 0 Å². The van der Waals surface area contributed by atoms with Crippen LogP contribution in [0, 0.1) is 6.92 Å². The normalized spacial score (nSPS) is 12.0. The van der Waals surface area contributed by atoms with Crippen LogP contribution in [0.15, 0.2) is 41.6 Å². The maximum absolute atomic E-state index is 12.1. The lowest BCUT2D eigenvalue weighted by Crippen LogP contribution is -2.25. The van der Waals surface area contributed by atoms with Crippen molar-refractivity contribution < 1.29 is 8.42 Å². The zero-order chi connectivity index (χ0) is 15.5. The van der Waals surface area contributed by atoms with E-state index in [0.717, 1.165) is 5.56 Å². The van der Waals surface area contributed by atoms with Gasteiger partial charge < -0.3 is 0 Å². The molecule has 114 valence electrons. The molecule has 0 unspecified atom stereocenters. The quantitative estimate of drug-likeness (QED) is 0.890. The first-order valence-corrected chi connectivity index (χ1v) is 8.46.